The van der Waals surface area contributed by atoms with Crippen molar-refractivity contribution in [3.8, 4) is 0 Å². The Balaban J connectivity index is 1.34. The molecule has 4 aliphatic carbocycles. The van der Waals surface area contributed by atoms with E-state index in [9.17, 15) is 39.9 Å². The van der Waals surface area contributed by atoms with Crippen molar-refractivity contribution in [1.82, 2.24) is 0 Å². The molecule has 204 valence electrons. The van der Waals surface area contributed by atoms with Crippen molar-refractivity contribution in [2.75, 3.05) is 13.2 Å². The van der Waals surface area contributed by atoms with Gasteiger partial charge in [-0.1, -0.05) is 25.5 Å². The van der Waals surface area contributed by atoms with Crippen LogP contribution in [0.15, 0.2) is 23.8 Å². The third kappa shape index (κ3) is 3.83. The van der Waals surface area contributed by atoms with E-state index >= 15 is 0 Å². The van der Waals surface area contributed by atoms with E-state index in [0.29, 0.717) is 19.3 Å². The fraction of sp³-hybridized carbons (Fsp3) is 0.741. The molecule has 5 N–H and O–H groups in total. The summed E-state index contributed by atoms with van der Waals surface area (Å²) in [5, 5.41) is 51.2. The second kappa shape index (κ2) is 9.15. The smallest absolute Gasteiger partial charge is 0.190 e. The maximum absolute atomic E-state index is 13.7. The lowest BCUT2D eigenvalue weighted by atomic mass is 9.46. The molecular weight excluding hydrogens is 484 g/mol. The highest BCUT2D eigenvalue weighted by Crippen LogP contribution is 2.66. The molecule has 5 aliphatic rings. The molecule has 10 nitrogen and oxygen atoms in total. The predicted octanol–water partition coefficient (Wildman–Crippen LogP) is -0.410. The van der Waals surface area contributed by atoms with E-state index in [-0.39, 0.29) is 42.2 Å². The molecule has 5 rings (SSSR count). The number of allylic oxidation sites excluding steroid dienone is 4. The van der Waals surface area contributed by atoms with E-state index in [0.717, 1.165) is 5.57 Å². The van der Waals surface area contributed by atoms with Gasteiger partial charge in [0.05, 0.1) is 6.61 Å². The monoisotopic (exact) mass is 520 g/mol. The van der Waals surface area contributed by atoms with Gasteiger partial charge in [-0.3, -0.25) is 14.4 Å². The van der Waals surface area contributed by atoms with Crippen LogP contribution < -0.4 is 0 Å². The molecule has 0 amide bonds. The number of carbonyl (C=O) groups is 3. The van der Waals surface area contributed by atoms with Crippen LogP contribution in [0.5, 0.6) is 0 Å². The van der Waals surface area contributed by atoms with Crippen molar-refractivity contribution in [3.63, 3.8) is 0 Å². The summed E-state index contributed by atoms with van der Waals surface area (Å²) in [6, 6.07) is 0. The molecule has 11 atom stereocenters. The van der Waals surface area contributed by atoms with Gasteiger partial charge in [0.25, 0.3) is 0 Å². The average molecular weight is 521 g/mol. The van der Waals surface area contributed by atoms with Crippen molar-refractivity contribution in [1.29, 1.82) is 0 Å². The summed E-state index contributed by atoms with van der Waals surface area (Å²) >= 11 is 0. The van der Waals surface area contributed by atoms with Crippen molar-refractivity contribution in [2.45, 2.75) is 82.3 Å². The van der Waals surface area contributed by atoms with Crippen LogP contribution in [-0.2, 0) is 23.9 Å². The van der Waals surface area contributed by atoms with Gasteiger partial charge < -0.3 is 35.0 Å². The van der Waals surface area contributed by atoms with Gasteiger partial charge in [-0.05, 0) is 49.7 Å². The van der Waals surface area contributed by atoms with Crippen LogP contribution in [0.2, 0.25) is 0 Å². The van der Waals surface area contributed by atoms with Gasteiger partial charge in [0.2, 0.25) is 0 Å². The first-order valence-corrected chi connectivity index (χ1v) is 13.0. The van der Waals surface area contributed by atoms with Crippen molar-refractivity contribution in [2.24, 2.45) is 28.6 Å². The fourth-order valence-electron chi connectivity index (χ4n) is 7.97. The number of ketones is 3. The summed E-state index contributed by atoms with van der Waals surface area (Å²) in [5.41, 5.74) is -2.42. The summed E-state index contributed by atoms with van der Waals surface area (Å²) in [5.74, 6) is -1.19. The molecule has 1 heterocycles. The largest absolute Gasteiger partial charge is 0.394 e. The maximum atomic E-state index is 13.7. The molecule has 0 spiro atoms. The maximum Gasteiger partial charge on any atom is 0.190 e. The number of hydrogen-bond donors (Lipinski definition) is 5. The summed E-state index contributed by atoms with van der Waals surface area (Å²) in [4.78, 5) is 39.1. The van der Waals surface area contributed by atoms with Crippen molar-refractivity contribution < 1.29 is 49.4 Å². The highest BCUT2D eigenvalue weighted by Gasteiger charge is 2.68. The molecule has 0 aromatic rings. The number of fused-ring (bicyclic) bond motifs is 5. The average Bonchev–Trinajstić information content (AvgIpc) is 3.13. The van der Waals surface area contributed by atoms with E-state index in [1.807, 2.05) is 13.0 Å². The molecule has 1 aliphatic heterocycles. The zero-order valence-electron chi connectivity index (χ0n) is 21.1. The lowest BCUT2D eigenvalue weighted by Gasteiger charge is -2.56. The predicted molar refractivity (Wildman–Crippen MR) is 127 cm³/mol. The van der Waals surface area contributed by atoms with Crippen LogP contribution in [-0.4, -0.2) is 92.4 Å². The second-order valence-electron chi connectivity index (χ2n) is 11.9. The molecule has 0 unspecified atom stereocenters. The standard InChI is InChI=1S/C27H36O10/c1-25-7-5-14(29)9-13(25)3-4-15-16-6-8-27(35,26(16,2)10-17(30)20(15)25)19(31)12-36-24-23(34)22(33)21(32)18(11-28)37-24/h5,7,9,15-16,18,20-24,28,32-35H,3-4,6,8,10-12H2,1-2H3/t15-,16-,18+,20+,21+,22-,23+,24+,25-,26-,27-/m0/s1. The zero-order valence-corrected chi connectivity index (χ0v) is 21.1. The Kier molecular flexibility index (Phi) is 6.63. The van der Waals surface area contributed by atoms with Crippen molar-refractivity contribution in [3.05, 3.63) is 23.8 Å². The van der Waals surface area contributed by atoms with Gasteiger partial charge in [-0.25, -0.2) is 0 Å². The van der Waals surface area contributed by atoms with Gasteiger partial charge in [-0.2, -0.15) is 0 Å². The van der Waals surface area contributed by atoms with Gasteiger partial charge in [-0.15, -0.1) is 0 Å². The SMILES string of the molecule is C[C@]12C=CC(=O)C=C1CC[C@@H]1[C@@H]2C(=O)C[C@@]2(C)[C@H]1CC[C@]2(O)C(=O)CO[C@@H]1O[C@H](CO)[C@@H](O)[C@H](O)[C@H]1O. The summed E-state index contributed by atoms with van der Waals surface area (Å²) < 4.78 is 10.8. The quantitative estimate of drug-likeness (QED) is 0.321. The first kappa shape index (κ1) is 26.8. The van der Waals surface area contributed by atoms with E-state index in [1.165, 1.54) is 6.08 Å². The van der Waals surface area contributed by atoms with Crippen LogP contribution in [0.1, 0.15) is 46.0 Å². The number of aliphatic hydroxyl groups excluding tert-OH is 4. The third-order valence-corrected chi connectivity index (χ3v) is 10.1. The Hall–Kier alpha value is -1.79. The van der Waals surface area contributed by atoms with E-state index in [1.54, 1.807) is 13.0 Å². The van der Waals surface area contributed by atoms with Crippen molar-refractivity contribution >= 4 is 17.3 Å². The Labute approximate surface area is 215 Å². The summed E-state index contributed by atoms with van der Waals surface area (Å²) in [7, 11) is 0. The Bertz CT molecular complexity index is 1050. The molecule has 37 heavy (non-hydrogen) atoms. The Morgan fingerprint density at radius 1 is 1.14 bits per heavy atom. The van der Waals surface area contributed by atoms with Crippen LogP contribution in [0, 0.1) is 28.6 Å². The number of Topliss-reactive ketones (excluding diaryl/α,β-unsaturated/α-hetero) is 2. The normalized spacial score (nSPS) is 49.2. The first-order chi connectivity index (χ1) is 17.4. The number of rotatable bonds is 5. The topological polar surface area (TPSA) is 171 Å². The minimum Gasteiger partial charge on any atom is -0.394 e. The molecular formula is C27H36O10. The van der Waals surface area contributed by atoms with Crippen LogP contribution in [0.25, 0.3) is 0 Å². The Morgan fingerprint density at radius 2 is 1.86 bits per heavy atom. The third-order valence-electron chi connectivity index (χ3n) is 10.1. The molecule has 4 fully saturated rings. The van der Waals surface area contributed by atoms with Crippen LogP contribution in [0.3, 0.4) is 0 Å². The number of ether oxygens (including phenoxy) is 2. The number of carbonyl (C=O) groups excluding carboxylic acids is 3. The van der Waals surface area contributed by atoms with E-state index in [2.05, 4.69) is 0 Å². The molecule has 0 bridgehead atoms. The minimum absolute atomic E-state index is 0.0196. The lowest BCUT2D eigenvalue weighted by Crippen LogP contribution is -2.61. The van der Waals surface area contributed by atoms with Crippen LogP contribution >= 0.6 is 0 Å². The highest BCUT2D eigenvalue weighted by atomic mass is 16.7. The highest BCUT2D eigenvalue weighted by molar-refractivity contribution is 6.02. The molecule has 0 radical (unpaired) electrons. The molecule has 0 aromatic carbocycles. The molecule has 3 saturated carbocycles. The molecule has 10 heteroatoms. The van der Waals surface area contributed by atoms with E-state index in [4.69, 9.17) is 9.47 Å². The summed E-state index contributed by atoms with van der Waals surface area (Å²) in [6.45, 7) is 2.52. The van der Waals surface area contributed by atoms with Gasteiger partial charge >= 0.3 is 0 Å². The minimum atomic E-state index is -1.83. The van der Waals surface area contributed by atoms with Gasteiger partial charge in [0.15, 0.2) is 17.9 Å². The fourth-order valence-corrected chi connectivity index (χ4v) is 7.97. The number of hydrogen-bond acceptors (Lipinski definition) is 10. The van der Waals surface area contributed by atoms with Crippen LogP contribution in [0.4, 0.5) is 0 Å². The summed E-state index contributed by atoms with van der Waals surface area (Å²) in [6.07, 6.45) is -0.399. The Morgan fingerprint density at radius 3 is 2.57 bits per heavy atom. The van der Waals surface area contributed by atoms with E-state index < -0.39 is 66.1 Å². The molecule has 0 aromatic heterocycles. The molecule has 1 saturated heterocycles. The first-order valence-electron chi connectivity index (χ1n) is 13.0. The van der Waals surface area contributed by atoms with Gasteiger partial charge in [0.1, 0.15) is 42.4 Å². The van der Waals surface area contributed by atoms with Gasteiger partial charge in [0, 0.05) is 23.2 Å². The number of aliphatic hydroxyl groups is 5. The lowest BCUT2D eigenvalue weighted by molar-refractivity contribution is -0.300. The second-order valence-corrected chi connectivity index (χ2v) is 11.9. The zero-order chi connectivity index (χ0) is 26.9.